The Morgan fingerprint density at radius 3 is 2.62 bits per heavy atom. The minimum absolute atomic E-state index is 0.158. The van der Waals surface area contributed by atoms with Crippen molar-refractivity contribution in [1.82, 2.24) is 0 Å². The van der Waals surface area contributed by atoms with Gasteiger partial charge in [-0.15, -0.1) is 0 Å². The second-order valence-corrected chi connectivity index (χ2v) is 5.15. The molecule has 1 unspecified atom stereocenters. The number of hydrogen-bond donors (Lipinski definition) is 0. The largest absolute Gasteiger partial charge is 0.358 e. The van der Waals surface area contributed by atoms with Gasteiger partial charge in [0, 0.05) is 17.2 Å². The van der Waals surface area contributed by atoms with E-state index in [1.165, 1.54) is 12.1 Å². The van der Waals surface area contributed by atoms with Crippen LogP contribution in [0.25, 0.3) is 0 Å². The second kappa shape index (κ2) is 5.52. The third-order valence-electron chi connectivity index (χ3n) is 3.89. The number of anilines is 1. The van der Waals surface area contributed by atoms with Crippen molar-refractivity contribution in [3.05, 3.63) is 75.6 Å². The first-order valence-corrected chi connectivity index (χ1v) is 6.87. The van der Waals surface area contributed by atoms with Crippen molar-refractivity contribution in [3.8, 4) is 0 Å². The van der Waals surface area contributed by atoms with Crippen LogP contribution in [0.2, 0.25) is 0 Å². The summed E-state index contributed by atoms with van der Waals surface area (Å²) in [4.78, 5) is 12.7. The van der Waals surface area contributed by atoms with Gasteiger partial charge in [0.25, 0.3) is 0 Å². The van der Waals surface area contributed by atoms with Crippen LogP contribution in [0.1, 0.15) is 17.2 Å². The number of benzene rings is 2. The maximum Gasteiger partial charge on any atom is 0.228 e. The molecule has 0 aliphatic carbocycles. The molecule has 21 heavy (non-hydrogen) atoms. The quantitative estimate of drug-likeness (QED) is 0.643. The maximum absolute atomic E-state index is 13.1. The molecule has 1 atom stereocenters. The zero-order chi connectivity index (χ0) is 14.8. The zero-order valence-electron chi connectivity index (χ0n) is 11.4. The van der Waals surface area contributed by atoms with Crippen LogP contribution in [0, 0.1) is 15.9 Å². The average Bonchev–Trinajstić information content (AvgIpc) is 2.48. The first-order valence-electron chi connectivity index (χ1n) is 6.87. The molecule has 0 spiro atoms. The lowest BCUT2D eigenvalue weighted by Gasteiger charge is -2.36. The molecule has 0 bridgehead atoms. The van der Waals surface area contributed by atoms with E-state index in [9.17, 15) is 14.5 Å². The van der Waals surface area contributed by atoms with E-state index in [2.05, 4.69) is 0 Å². The summed E-state index contributed by atoms with van der Waals surface area (Å²) in [5, 5.41) is 11.0. The Labute approximate surface area is 122 Å². The molecule has 1 aliphatic rings. The maximum atomic E-state index is 13.1. The highest BCUT2D eigenvalue weighted by molar-refractivity contribution is 5.52. The van der Waals surface area contributed by atoms with E-state index in [1.807, 2.05) is 29.2 Å². The Balaban J connectivity index is 2.00. The molecular formula is C16H15FN2O2. The lowest BCUT2D eigenvalue weighted by molar-refractivity contribution is -0.483. The number of rotatable bonds is 3. The Hall–Kier alpha value is -2.43. The van der Waals surface area contributed by atoms with Crippen molar-refractivity contribution in [2.75, 3.05) is 18.0 Å². The van der Waals surface area contributed by atoms with E-state index in [1.54, 1.807) is 12.1 Å². The average molecular weight is 286 g/mol. The topological polar surface area (TPSA) is 46.4 Å². The minimum Gasteiger partial charge on any atom is -0.358 e. The summed E-state index contributed by atoms with van der Waals surface area (Å²) in [5.74, 6) is -0.304. The highest BCUT2D eigenvalue weighted by atomic mass is 19.1. The summed E-state index contributed by atoms with van der Waals surface area (Å²) in [6, 6.07) is 13.6. The predicted molar refractivity (Wildman–Crippen MR) is 78.5 cm³/mol. The number of halogens is 1. The van der Waals surface area contributed by atoms with Gasteiger partial charge in [0.05, 0.1) is 0 Å². The smallest absolute Gasteiger partial charge is 0.228 e. The molecule has 0 amide bonds. The second-order valence-electron chi connectivity index (χ2n) is 5.15. The van der Waals surface area contributed by atoms with Crippen LogP contribution in [0.5, 0.6) is 0 Å². The summed E-state index contributed by atoms with van der Waals surface area (Å²) < 4.78 is 13.1. The third-order valence-corrected chi connectivity index (χ3v) is 3.89. The molecule has 3 rings (SSSR count). The van der Waals surface area contributed by atoms with Gasteiger partial charge in [-0.1, -0.05) is 24.3 Å². The van der Waals surface area contributed by atoms with Gasteiger partial charge in [0.2, 0.25) is 6.54 Å². The van der Waals surface area contributed by atoms with Gasteiger partial charge in [-0.3, -0.25) is 10.1 Å². The first-order chi connectivity index (χ1) is 10.1. The summed E-state index contributed by atoms with van der Waals surface area (Å²) in [6.07, 6.45) is 0.835. The summed E-state index contributed by atoms with van der Waals surface area (Å²) in [5.41, 5.74) is 2.96. The molecule has 0 radical (unpaired) electrons. The zero-order valence-corrected chi connectivity index (χ0v) is 11.4. The lowest BCUT2D eigenvalue weighted by Crippen LogP contribution is -2.39. The minimum atomic E-state index is -0.310. The Kier molecular flexibility index (Phi) is 3.56. The van der Waals surface area contributed by atoms with Gasteiger partial charge in [0.15, 0.2) is 0 Å². The standard InChI is InChI=1S/C16H15FN2O2/c17-13-5-7-14(8-6-13)18-10-9-12-3-1-2-4-15(12)16(18)11-19(20)21/h1-8,16H,9-11H2. The van der Waals surface area contributed by atoms with E-state index in [0.717, 1.165) is 23.2 Å². The van der Waals surface area contributed by atoms with Gasteiger partial charge in [-0.2, -0.15) is 0 Å². The fourth-order valence-electron chi connectivity index (χ4n) is 2.93. The van der Waals surface area contributed by atoms with Gasteiger partial charge >= 0.3 is 0 Å². The van der Waals surface area contributed by atoms with Crippen LogP contribution < -0.4 is 4.90 Å². The molecule has 5 heteroatoms. The molecule has 0 fully saturated rings. The Morgan fingerprint density at radius 2 is 1.90 bits per heavy atom. The molecule has 0 saturated heterocycles. The summed E-state index contributed by atoms with van der Waals surface area (Å²) >= 11 is 0. The van der Waals surface area contributed by atoms with Crippen molar-refractivity contribution in [3.63, 3.8) is 0 Å². The third kappa shape index (κ3) is 2.72. The predicted octanol–water partition coefficient (Wildman–Crippen LogP) is 3.21. The molecule has 2 aromatic rings. The van der Waals surface area contributed by atoms with Crippen LogP contribution in [0.4, 0.5) is 10.1 Å². The van der Waals surface area contributed by atoms with Crippen LogP contribution in [0.3, 0.4) is 0 Å². The van der Waals surface area contributed by atoms with Gasteiger partial charge in [-0.25, -0.2) is 4.39 Å². The van der Waals surface area contributed by atoms with E-state index in [-0.39, 0.29) is 23.3 Å². The van der Waals surface area contributed by atoms with Crippen molar-refractivity contribution in [2.45, 2.75) is 12.5 Å². The summed E-state index contributed by atoms with van der Waals surface area (Å²) in [6.45, 7) is 0.537. The Bertz CT molecular complexity index is 658. The van der Waals surface area contributed by atoms with Crippen molar-refractivity contribution in [1.29, 1.82) is 0 Å². The van der Waals surface area contributed by atoms with Crippen LogP contribution in [-0.4, -0.2) is 18.0 Å². The van der Waals surface area contributed by atoms with Crippen molar-refractivity contribution < 1.29 is 9.31 Å². The van der Waals surface area contributed by atoms with Gasteiger partial charge < -0.3 is 4.90 Å². The van der Waals surface area contributed by atoms with E-state index < -0.39 is 0 Å². The molecule has 0 N–H and O–H groups in total. The van der Waals surface area contributed by atoms with Crippen LogP contribution in [-0.2, 0) is 6.42 Å². The fourth-order valence-corrected chi connectivity index (χ4v) is 2.93. The molecule has 0 aromatic heterocycles. The number of nitro groups is 1. The van der Waals surface area contributed by atoms with E-state index >= 15 is 0 Å². The lowest BCUT2D eigenvalue weighted by atomic mass is 9.92. The SMILES string of the molecule is O=[N+]([O-])CC1c2ccccc2CCN1c1ccc(F)cc1. The fraction of sp³-hybridized carbons (Fsp3) is 0.250. The van der Waals surface area contributed by atoms with Crippen LogP contribution in [0.15, 0.2) is 48.5 Å². The van der Waals surface area contributed by atoms with Crippen LogP contribution >= 0.6 is 0 Å². The molecule has 2 aromatic carbocycles. The molecule has 4 nitrogen and oxygen atoms in total. The van der Waals surface area contributed by atoms with Crippen molar-refractivity contribution in [2.24, 2.45) is 0 Å². The number of fused-ring (bicyclic) bond motifs is 1. The molecule has 1 aliphatic heterocycles. The number of nitrogens with zero attached hydrogens (tertiary/aromatic N) is 2. The molecular weight excluding hydrogens is 271 g/mol. The molecule has 1 heterocycles. The summed E-state index contributed by atoms with van der Waals surface area (Å²) in [7, 11) is 0. The van der Waals surface area contributed by atoms with Gasteiger partial charge in [-0.05, 0) is 41.8 Å². The highest BCUT2D eigenvalue weighted by Gasteiger charge is 2.31. The van der Waals surface area contributed by atoms with Gasteiger partial charge in [0.1, 0.15) is 11.9 Å². The molecule has 0 saturated carbocycles. The van der Waals surface area contributed by atoms with Crippen molar-refractivity contribution >= 4 is 5.69 Å². The van der Waals surface area contributed by atoms with E-state index in [4.69, 9.17) is 0 Å². The monoisotopic (exact) mass is 286 g/mol. The highest BCUT2D eigenvalue weighted by Crippen LogP contribution is 2.33. The Morgan fingerprint density at radius 1 is 1.19 bits per heavy atom. The number of hydrogen-bond acceptors (Lipinski definition) is 3. The molecule has 108 valence electrons. The van der Waals surface area contributed by atoms with E-state index in [0.29, 0.717) is 6.54 Å². The first kappa shape index (κ1) is 13.5. The normalized spacial score (nSPS) is 17.4.